The molecule has 1 N–H and O–H groups in total. The second-order valence-electron chi connectivity index (χ2n) is 4.66. The minimum Gasteiger partial charge on any atom is -0.298 e. The Hall–Kier alpha value is -2.19. The third-order valence-corrected chi connectivity index (χ3v) is 4.54. The molecule has 23 heavy (non-hydrogen) atoms. The number of nitrogens with one attached hydrogen (secondary N) is 1. The van der Waals surface area contributed by atoms with Gasteiger partial charge in [-0.1, -0.05) is 24.3 Å². The summed E-state index contributed by atoms with van der Waals surface area (Å²) in [5.41, 5.74) is -0.122. The number of hydrogen-bond donors (Lipinski definition) is 1. The van der Waals surface area contributed by atoms with Crippen LogP contribution in [0, 0.1) is 0 Å². The fourth-order valence-corrected chi connectivity index (χ4v) is 2.90. The lowest BCUT2D eigenvalue weighted by atomic mass is 10.1. The summed E-state index contributed by atoms with van der Waals surface area (Å²) in [6.45, 7) is -0.141. The van der Waals surface area contributed by atoms with Crippen molar-refractivity contribution in [3.8, 4) is 0 Å². The fraction of sp³-hybridized carbons (Fsp3) is 0.133. The van der Waals surface area contributed by atoms with E-state index >= 15 is 0 Å². The van der Waals surface area contributed by atoms with Gasteiger partial charge in [-0.25, -0.2) is 13.1 Å². The Bertz CT molecular complexity index is 799. The molecule has 2 aromatic rings. The summed E-state index contributed by atoms with van der Waals surface area (Å²) in [6.07, 6.45) is -3.93. The van der Waals surface area contributed by atoms with E-state index in [-0.39, 0.29) is 11.4 Å². The lowest BCUT2D eigenvalue weighted by molar-refractivity contribution is -0.137. The minimum absolute atomic E-state index is 0.141. The monoisotopic (exact) mass is 343 g/mol. The Morgan fingerprint density at radius 2 is 1.61 bits per heavy atom. The van der Waals surface area contributed by atoms with Gasteiger partial charge >= 0.3 is 6.18 Å². The predicted octanol–water partition coefficient (Wildman–Crippen LogP) is 3.00. The molecular formula is C15H12F3NO3S. The lowest BCUT2D eigenvalue weighted by Gasteiger charge is -2.10. The average molecular weight is 343 g/mol. The fourth-order valence-electron chi connectivity index (χ4n) is 1.89. The molecule has 0 bridgehead atoms. The summed E-state index contributed by atoms with van der Waals surface area (Å²) in [6, 6.07) is 9.58. The van der Waals surface area contributed by atoms with E-state index in [1.807, 2.05) is 0 Å². The number of carbonyl (C=O) groups is 1. The van der Waals surface area contributed by atoms with Crippen LogP contribution in [0.15, 0.2) is 53.4 Å². The summed E-state index contributed by atoms with van der Waals surface area (Å²) in [7, 11) is -3.98. The zero-order valence-corrected chi connectivity index (χ0v) is 12.5. The minimum atomic E-state index is -4.53. The SMILES string of the molecule is O=Cc1ccccc1CNS(=O)(=O)c1ccc(C(F)(F)F)cc1. The van der Waals surface area contributed by atoms with Crippen molar-refractivity contribution >= 4 is 16.3 Å². The molecule has 122 valence electrons. The first kappa shape index (κ1) is 17.2. The summed E-state index contributed by atoms with van der Waals surface area (Å²) >= 11 is 0. The number of aldehydes is 1. The molecule has 0 aliphatic rings. The van der Waals surface area contributed by atoms with Crippen LogP contribution in [-0.2, 0) is 22.7 Å². The molecule has 0 aliphatic carbocycles. The van der Waals surface area contributed by atoms with Crippen molar-refractivity contribution in [1.82, 2.24) is 4.72 Å². The van der Waals surface area contributed by atoms with Gasteiger partial charge in [0.25, 0.3) is 0 Å². The van der Waals surface area contributed by atoms with Crippen molar-refractivity contribution in [2.45, 2.75) is 17.6 Å². The molecule has 0 aliphatic heterocycles. The number of rotatable bonds is 5. The topological polar surface area (TPSA) is 63.2 Å². The van der Waals surface area contributed by atoms with Crippen LogP contribution in [0.1, 0.15) is 21.5 Å². The maximum atomic E-state index is 12.5. The van der Waals surface area contributed by atoms with Gasteiger partial charge < -0.3 is 0 Å². The maximum Gasteiger partial charge on any atom is 0.416 e. The first-order chi connectivity index (χ1) is 10.7. The molecule has 0 aromatic heterocycles. The zero-order valence-electron chi connectivity index (χ0n) is 11.7. The quantitative estimate of drug-likeness (QED) is 0.849. The Balaban J connectivity index is 2.17. The van der Waals surface area contributed by atoms with E-state index in [9.17, 15) is 26.4 Å². The molecule has 2 rings (SSSR count). The molecular weight excluding hydrogens is 331 g/mol. The van der Waals surface area contributed by atoms with Gasteiger partial charge in [-0.2, -0.15) is 13.2 Å². The van der Waals surface area contributed by atoms with Crippen molar-refractivity contribution in [3.63, 3.8) is 0 Å². The van der Waals surface area contributed by atoms with Crippen LogP contribution in [0.3, 0.4) is 0 Å². The van der Waals surface area contributed by atoms with Crippen LogP contribution in [0.25, 0.3) is 0 Å². The second kappa shape index (κ2) is 6.51. The standard InChI is InChI=1S/C15H12F3NO3S/c16-15(17,18)13-5-7-14(8-6-13)23(21,22)19-9-11-3-1-2-4-12(11)10-20/h1-8,10,19H,9H2. The molecule has 4 nitrogen and oxygen atoms in total. The first-order valence-corrected chi connectivity index (χ1v) is 7.92. The van der Waals surface area contributed by atoms with Crippen LogP contribution in [0.5, 0.6) is 0 Å². The highest BCUT2D eigenvalue weighted by atomic mass is 32.2. The van der Waals surface area contributed by atoms with Crippen LogP contribution >= 0.6 is 0 Å². The van der Waals surface area contributed by atoms with Crippen molar-refractivity contribution in [3.05, 3.63) is 65.2 Å². The predicted molar refractivity (Wildman–Crippen MR) is 77.3 cm³/mol. The number of alkyl halides is 3. The van der Waals surface area contributed by atoms with Crippen LogP contribution in [0.2, 0.25) is 0 Å². The molecule has 0 heterocycles. The highest BCUT2D eigenvalue weighted by Gasteiger charge is 2.30. The molecule has 0 spiro atoms. The molecule has 0 atom stereocenters. The molecule has 8 heteroatoms. The Labute approximate surface area is 131 Å². The van der Waals surface area contributed by atoms with Crippen LogP contribution in [0.4, 0.5) is 13.2 Å². The van der Waals surface area contributed by atoms with E-state index in [0.29, 0.717) is 29.5 Å². The third kappa shape index (κ3) is 4.17. The number of sulfonamides is 1. The molecule has 0 saturated carbocycles. The molecule has 0 amide bonds. The highest BCUT2D eigenvalue weighted by molar-refractivity contribution is 7.89. The average Bonchev–Trinajstić information content (AvgIpc) is 2.52. The van der Waals surface area contributed by atoms with E-state index in [2.05, 4.69) is 4.72 Å². The normalized spacial score (nSPS) is 12.1. The van der Waals surface area contributed by atoms with Gasteiger partial charge in [-0.05, 0) is 29.8 Å². The van der Waals surface area contributed by atoms with Gasteiger partial charge in [-0.3, -0.25) is 4.79 Å². The largest absolute Gasteiger partial charge is 0.416 e. The van der Waals surface area contributed by atoms with Gasteiger partial charge in [0.2, 0.25) is 10.0 Å². The zero-order chi connectivity index (χ0) is 17.1. The summed E-state index contributed by atoms with van der Waals surface area (Å²) in [5, 5.41) is 0. The van der Waals surface area contributed by atoms with Gasteiger partial charge in [0.15, 0.2) is 0 Å². The van der Waals surface area contributed by atoms with Crippen molar-refractivity contribution < 1.29 is 26.4 Å². The van der Waals surface area contributed by atoms with E-state index < -0.39 is 21.8 Å². The molecule has 2 aromatic carbocycles. The van der Waals surface area contributed by atoms with Gasteiger partial charge in [-0.15, -0.1) is 0 Å². The Kier molecular flexibility index (Phi) is 4.86. The summed E-state index contributed by atoms with van der Waals surface area (Å²) in [5.74, 6) is 0. The van der Waals surface area contributed by atoms with E-state index in [0.717, 1.165) is 12.1 Å². The van der Waals surface area contributed by atoms with Crippen molar-refractivity contribution in [2.24, 2.45) is 0 Å². The van der Waals surface area contributed by atoms with Gasteiger partial charge in [0, 0.05) is 12.1 Å². The lowest BCUT2D eigenvalue weighted by Crippen LogP contribution is -2.24. The Morgan fingerprint density at radius 3 is 2.17 bits per heavy atom. The number of benzene rings is 2. The molecule has 0 saturated heterocycles. The Morgan fingerprint density at radius 1 is 1.00 bits per heavy atom. The number of carbonyl (C=O) groups excluding carboxylic acids is 1. The number of halogens is 3. The summed E-state index contributed by atoms with van der Waals surface area (Å²) < 4.78 is 63.8. The summed E-state index contributed by atoms with van der Waals surface area (Å²) in [4.78, 5) is 10.6. The third-order valence-electron chi connectivity index (χ3n) is 3.13. The van der Waals surface area contributed by atoms with Crippen molar-refractivity contribution in [1.29, 1.82) is 0 Å². The van der Waals surface area contributed by atoms with E-state index in [4.69, 9.17) is 0 Å². The highest BCUT2D eigenvalue weighted by Crippen LogP contribution is 2.29. The molecule has 0 radical (unpaired) electrons. The first-order valence-electron chi connectivity index (χ1n) is 6.44. The van der Waals surface area contributed by atoms with E-state index in [1.54, 1.807) is 18.2 Å². The van der Waals surface area contributed by atoms with Gasteiger partial charge in [0.1, 0.15) is 6.29 Å². The maximum absolute atomic E-state index is 12.5. The van der Waals surface area contributed by atoms with Crippen LogP contribution in [-0.4, -0.2) is 14.7 Å². The molecule has 0 unspecified atom stereocenters. The van der Waals surface area contributed by atoms with E-state index in [1.165, 1.54) is 6.07 Å². The van der Waals surface area contributed by atoms with Crippen LogP contribution < -0.4 is 4.72 Å². The van der Waals surface area contributed by atoms with Gasteiger partial charge in [0.05, 0.1) is 10.5 Å². The number of hydrogen-bond acceptors (Lipinski definition) is 3. The molecule has 0 fully saturated rings. The van der Waals surface area contributed by atoms with Crippen molar-refractivity contribution in [2.75, 3.05) is 0 Å². The smallest absolute Gasteiger partial charge is 0.298 e. The second-order valence-corrected chi connectivity index (χ2v) is 6.43.